The SMILES string of the molecule is O=c1n([C@@H]2O[C@H](CO)[C@@H](O)[C@H]2O)ccc2nnnn12. The van der Waals surface area contributed by atoms with Crippen LogP contribution in [0.4, 0.5) is 0 Å². The summed E-state index contributed by atoms with van der Waals surface area (Å²) in [6.45, 7) is -0.462. The van der Waals surface area contributed by atoms with Crippen molar-refractivity contribution in [3.63, 3.8) is 0 Å². The Hall–Kier alpha value is -1.88. The van der Waals surface area contributed by atoms with Gasteiger partial charge in [0.25, 0.3) is 0 Å². The van der Waals surface area contributed by atoms with Crippen LogP contribution >= 0.6 is 0 Å². The van der Waals surface area contributed by atoms with Crippen LogP contribution in [0.25, 0.3) is 5.65 Å². The van der Waals surface area contributed by atoms with Crippen molar-refractivity contribution in [2.24, 2.45) is 0 Å². The first-order valence-corrected chi connectivity index (χ1v) is 5.55. The van der Waals surface area contributed by atoms with Gasteiger partial charge in [0, 0.05) is 12.3 Å². The van der Waals surface area contributed by atoms with Crippen LogP contribution in [0.2, 0.25) is 0 Å². The predicted molar refractivity (Wildman–Crippen MR) is 58.1 cm³/mol. The van der Waals surface area contributed by atoms with Gasteiger partial charge in [0.1, 0.15) is 18.3 Å². The average Bonchev–Trinajstić information content (AvgIpc) is 2.98. The molecule has 3 heterocycles. The molecule has 102 valence electrons. The molecule has 19 heavy (non-hydrogen) atoms. The van der Waals surface area contributed by atoms with Gasteiger partial charge < -0.3 is 20.1 Å². The Morgan fingerprint density at radius 1 is 1.37 bits per heavy atom. The van der Waals surface area contributed by atoms with Crippen LogP contribution in [-0.2, 0) is 4.74 Å². The number of tetrazole rings is 1. The van der Waals surface area contributed by atoms with Gasteiger partial charge in [-0.25, -0.2) is 4.79 Å². The molecule has 2 aromatic rings. The van der Waals surface area contributed by atoms with Crippen LogP contribution in [0.15, 0.2) is 17.1 Å². The normalized spacial score (nSPS) is 31.1. The fraction of sp³-hybridized carbons (Fsp3) is 0.556. The second-order valence-electron chi connectivity index (χ2n) is 4.18. The number of nitrogens with zero attached hydrogens (tertiary/aromatic N) is 5. The molecule has 0 unspecified atom stereocenters. The van der Waals surface area contributed by atoms with Crippen LogP contribution in [0.1, 0.15) is 6.23 Å². The van der Waals surface area contributed by atoms with Gasteiger partial charge in [-0.2, -0.15) is 0 Å². The molecule has 1 aliphatic heterocycles. The van der Waals surface area contributed by atoms with Gasteiger partial charge >= 0.3 is 5.69 Å². The fourth-order valence-corrected chi connectivity index (χ4v) is 2.06. The van der Waals surface area contributed by atoms with Gasteiger partial charge in [0.15, 0.2) is 11.9 Å². The largest absolute Gasteiger partial charge is 0.394 e. The Bertz CT molecular complexity index is 654. The van der Waals surface area contributed by atoms with Gasteiger partial charge in [-0.15, -0.1) is 9.61 Å². The highest BCUT2D eigenvalue weighted by atomic mass is 16.6. The van der Waals surface area contributed by atoms with Gasteiger partial charge in [-0.3, -0.25) is 4.57 Å². The molecule has 2 aromatic heterocycles. The monoisotopic (exact) mass is 269 g/mol. The lowest BCUT2D eigenvalue weighted by Crippen LogP contribution is -2.37. The van der Waals surface area contributed by atoms with Crippen molar-refractivity contribution in [2.45, 2.75) is 24.5 Å². The minimum atomic E-state index is -1.33. The first kappa shape index (κ1) is 12.2. The maximum absolute atomic E-state index is 12.1. The van der Waals surface area contributed by atoms with Crippen molar-refractivity contribution in [3.8, 4) is 0 Å². The third-order valence-corrected chi connectivity index (χ3v) is 3.07. The fourth-order valence-electron chi connectivity index (χ4n) is 2.06. The Morgan fingerprint density at radius 2 is 2.16 bits per heavy atom. The molecule has 1 aliphatic rings. The maximum atomic E-state index is 12.1. The number of fused-ring (bicyclic) bond motifs is 1. The van der Waals surface area contributed by atoms with E-state index in [2.05, 4.69) is 15.5 Å². The van der Waals surface area contributed by atoms with E-state index >= 15 is 0 Å². The van der Waals surface area contributed by atoms with E-state index in [0.717, 1.165) is 9.08 Å². The number of aromatic nitrogens is 5. The second kappa shape index (κ2) is 4.35. The molecule has 10 heteroatoms. The lowest BCUT2D eigenvalue weighted by molar-refractivity contribution is -0.0552. The zero-order valence-corrected chi connectivity index (χ0v) is 9.57. The van der Waals surface area contributed by atoms with Gasteiger partial charge in [0.2, 0.25) is 0 Å². The summed E-state index contributed by atoms with van der Waals surface area (Å²) in [5.74, 6) is 0. The molecule has 3 rings (SSSR count). The Balaban J connectivity index is 2.05. The van der Waals surface area contributed by atoms with Gasteiger partial charge in [0.05, 0.1) is 6.61 Å². The molecule has 3 N–H and O–H groups in total. The first-order chi connectivity index (χ1) is 9.13. The van der Waals surface area contributed by atoms with E-state index < -0.39 is 36.8 Å². The molecular formula is C9H11N5O5. The highest BCUT2D eigenvalue weighted by Gasteiger charge is 2.43. The second-order valence-corrected chi connectivity index (χ2v) is 4.18. The highest BCUT2D eigenvalue weighted by Crippen LogP contribution is 2.27. The van der Waals surface area contributed by atoms with E-state index in [9.17, 15) is 15.0 Å². The number of hydrogen-bond acceptors (Lipinski definition) is 8. The highest BCUT2D eigenvalue weighted by molar-refractivity contribution is 5.31. The smallest absolute Gasteiger partial charge is 0.354 e. The molecule has 0 spiro atoms. The zero-order chi connectivity index (χ0) is 13.6. The third kappa shape index (κ3) is 1.73. The van der Waals surface area contributed by atoms with Crippen molar-refractivity contribution in [2.75, 3.05) is 6.61 Å². The number of aliphatic hydroxyl groups is 3. The molecule has 1 fully saturated rings. The van der Waals surface area contributed by atoms with E-state index in [1.165, 1.54) is 12.3 Å². The number of hydrogen-bond donors (Lipinski definition) is 3. The summed E-state index contributed by atoms with van der Waals surface area (Å²) >= 11 is 0. The maximum Gasteiger partial charge on any atom is 0.354 e. The van der Waals surface area contributed by atoms with Crippen LogP contribution < -0.4 is 5.69 Å². The summed E-state index contributed by atoms with van der Waals surface area (Å²) in [4.78, 5) is 12.1. The van der Waals surface area contributed by atoms with Crippen molar-refractivity contribution in [3.05, 3.63) is 22.7 Å². The van der Waals surface area contributed by atoms with E-state index in [1.54, 1.807) is 0 Å². The molecule has 4 atom stereocenters. The molecule has 1 saturated heterocycles. The van der Waals surface area contributed by atoms with Crippen LogP contribution in [0, 0.1) is 0 Å². The summed E-state index contributed by atoms with van der Waals surface area (Å²) in [5.41, 5.74) is -0.356. The molecule has 0 aromatic carbocycles. The van der Waals surface area contributed by atoms with Crippen molar-refractivity contribution < 1.29 is 20.1 Å². The van der Waals surface area contributed by atoms with E-state index in [-0.39, 0.29) is 5.65 Å². The summed E-state index contributed by atoms with van der Waals surface area (Å²) in [6.07, 6.45) is -3.30. The van der Waals surface area contributed by atoms with Gasteiger partial charge in [-0.05, 0) is 10.4 Å². The zero-order valence-electron chi connectivity index (χ0n) is 9.57. The van der Waals surface area contributed by atoms with Crippen LogP contribution in [-0.4, -0.2) is 64.8 Å². The van der Waals surface area contributed by atoms with Crippen molar-refractivity contribution >= 4 is 5.65 Å². The van der Waals surface area contributed by atoms with Gasteiger partial charge in [-0.1, -0.05) is 0 Å². The molecule has 0 radical (unpaired) electrons. The molecule has 0 saturated carbocycles. The Morgan fingerprint density at radius 3 is 2.84 bits per heavy atom. The number of rotatable bonds is 2. The minimum Gasteiger partial charge on any atom is -0.394 e. The number of aliphatic hydroxyl groups excluding tert-OH is 3. The minimum absolute atomic E-state index is 0.257. The van der Waals surface area contributed by atoms with E-state index in [4.69, 9.17) is 9.84 Å². The molecule has 0 bridgehead atoms. The van der Waals surface area contributed by atoms with E-state index in [0.29, 0.717) is 0 Å². The summed E-state index contributed by atoms with van der Waals surface area (Å²) in [7, 11) is 0. The Labute approximate surface area is 105 Å². The topological polar surface area (TPSA) is 135 Å². The molecule has 0 amide bonds. The predicted octanol–water partition coefficient (Wildman–Crippen LogP) is -3.10. The van der Waals surface area contributed by atoms with Crippen molar-refractivity contribution in [1.82, 2.24) is 24.6 Å². The van der Waals surface area contributed by atoms with Crippen molar-refractivity contribution in [1.29, 1.82) is 0 Å². The van der Waals surface area contributed by atoms with Crippen LogP contribution in [0.3, 0.4) is 0 Å². The molecular weight excluding hydrogens is 258 g/mol. The lowest BCUT2D eigenvalue weighted by Gasteiger charge is -2.16. The quantitative estimate of drug-likeness (QED) is 0.521. The first-order valence-electron chi connectivity index (χ1n) is 5.55. The summed E-state index contributed by atoms with van der Waals surface area (Å²) < 4.78 is 7.26. The molecule has 0 aliphatic carbocycles. The standard InChI is InChI=1S/C9H11N5O5/c15-3-4-6(16)7(17)8(19-4)13-2-1-5-10-11-12-14(5)9(13)18/h1-2,4,6-8,15-17H,3H2/t4-,6-,7-,8-/m1/s1. The third-order valence-electron chi connectivity index (χ3n) is 3.07. The van der Waals surface area contributed by atoms with E-state index in [1.807, 2.05) is 0 Å². The number of ether oxygens (including phenoxy) is 1. The Kier molecular flexibility index (Phi) is 2.78. The average molecular weight is 269 g/mol. The van der Waals surface area contributed by atoms with Crippen LogP contribution in [0.5, 0.6) is 0 Å². The summed E-state index contributed by atoms with van der Waals surface area (Å²) in [6, 6.07) is 1.47. The molecule has 10 nitrogen and oxygen atoms in total. The summed E-state index contributed by atoms with van der Waals surface area (Å²) in [5, 5.41) is 39.0. The lowest BCUT2D eigenvalue weighted by atomic mass is 10.1.